The third-order valence-electron chi connectivity index (χ3n) is 3.07. The minimum atomic E-state index is 1.07. The molecular weight excluding hydrogens is 202 g/mol. The molecule has 1 rings (SSSR count). The van der Waals surface area contributed by atoms with Crippen LogP contribution in [0, 0.1) is 0 Å². The molecule has 1 aliphatic heterocycles. The van der Waals surface area contributed by atoms with Crippen LogP contribution in [0.2, 0.25) is 0 Å². The molecule has 0 spiro atoms. The van der Waals surface area contributed by atoms with E-state index in [4.69, 9.17) is 0 Å². The maximum Gasteiger partial charge on any atom is 0.0673 e. The van der Waals surface area contributed by atoms with Gasteiger partial charge in [-0.25, -0.2) is 0 Å². The van der Waals surface area contributed by atoms with Crippen LogP contribution >= 0.6 is 11.8 Å². The average molecular weight is 227 g/mol. The van der Waals surface area contributed by atoms with Gasteiger partial charge < -0.3 is 0 Å². The summed E-state index contributed by atoms with van der Waals surface area (Å²) in [7, 11) is 0. The van der Waals surface area contributed by atoms with Crippen molar-refractivity contribution in [2.45, 2.75) is 64.2 Å². The summed E-state index contributed by atoms with van der Waals surface area (Å²) in [6, 6.07) is 0. The summed E-state index contributed by atoms with van der Waals surface area (Å²) in [5.74, 6) is 0. The molecule has 88 valence electrons. The number of hydrogen-bond donors (Lipinski definition) is 0. The highest BCUT2D eigenvalue weighted by molar-refractivity contribution is 8.13. The fourth-order valence-corrected chi connectivity index (χ4v) is 2.64. The largest absolute Gasteiger partial charge is 0.283 e. The monoisotopic (exact) mass is 227 g/mol. The van der Waals surface area contributed by atoms with Crippen molar-refractivity contribution in [2.75, 3.05) is 12.8 Å². The van der Waals surface area contributed by atoms with Gasteiger partial charge in [0.05, 0.1) is 5.04 Å². The molecule has 0 aromatic carbocycles. The van der Waals surface area contributed by atoms with Crippen LogP contribution in [0.15, 0.2) is 4.99 Å². The molecule has 0 atom stereocenters. The van der Waals surface area contributed by atoms with Gasteiger partial charge in [-0.1, -0.05) is 44.9 Å². The molecule has 0 bridgehead atoms. The van der Waals surface area contributed by atoms with Gasteiger partial charge in [0.15, 0.2) is 0 Å². The fourth-order valence-electron chi connectivity index (χ4n) is 2.07. The van der Waals surface area contributed by atoms with Crippen molar-refractivity contribution in [3.8, 4) is 0 Å². The van der Waals surface area contributed by atoms with E-state index < -0.39 is 0 Å². The van der Waals surface area contributed by atoms with Gasteiger partial charge in [0.25, 0.3) is 0 Å². The number of rotatable bonds is 0. The van der Waals surface area contributed by atoms with Crippen LogP contribution < -0.4 is 0 Å². The average Bonchev–Trinajstić information content (AvgIpc) is 2.29. The van der Waals surface area contributed by atoms with E-state index in [0.717, 1.165) is 6.54 Å². The van der Waals surface area contributed by atoms with Crippen LogP contribution in [-0.4, -0.2) is 17.8 Å². The van der Waals surface area contributed by atoms with Crippen molar-refractivity contribution in [3.05, 3.63) is 0 Å². The van der Waals surface area contributed by atoms with Crippen molar-refractivity contribution in [1.29, 1.82) is 0 Å². The first kappa shape index (κ1) is 13.1. The van der Waals surface area contributed by atoms with Crippen molar-refractivity contribution in [3.63, 3.8) is 0 Å². The molecule has 0 aromatic heterocycles. The number of hydrogen-bond acceptors (Lipinski definition) is 2. The molecule has 1 heterocycles. The highest BCUT2D eigenvalue weighted by atomic mass is 32.2. The van der Waals surface area contributed by atoms with Crippen molar-refractivity contribution in [2.24, 2.45) is 4.99 Å². The Labute approximate surface area is 99.1 Å². The normalized spacial score (nSPS) is 22.1. The van der Waals surface area contributed by atoms with Gasteiger partial charge in [-0.2, -0.15) is 0 Å². The summed E-state index contributed by atoms with van der Waals surface area (Å²) in [4.78, 5) is 4.69. The Morgan fingerprint density at radius 2 is 1.33 bits per heavy atom. The highest BCUT2D eigenvalue weighted by Crippen LogP contribution is 2.14. The van der Waals surface area contributed by atoms with Crippen LogP contribution in [0.25, 0.3) is 0 Å². The molecule has 2 heteroatoms. The summed E-state index contributed by atoms with van der Waals surface area (Å²) in [6.45, 7) is 1.07. The highest BCUT2D eigenvalue weighted by Gasteiger charge is 1.99. The maximum atomic E-state index is 4.69. The standard InChI is InChI=1S/C13H25NS/c1-15-13-11-9-7-5-3-2-4-6-8-10-12-14-13/h2-12H2,1H3. The van der Waals surface area contributed by atoms with Crippen LogP contribution in [0.3, 0.4) is 0 Å². The van der Waals surface area contributed by atoms with Crippen molar-refractivity contribution < 1.29 is 0 Å². The summed E-state index contributed by atoms with van der Waals surface area (Å²) in [6.07, 6.45) is 16.0. The molecule has 0 radical (unpaired) electrons. The molecule has 0 saturated heterocycles. The molecule has 0 unspecified atom stereocenters. The minimum absolute atomic E-state index is 1.07. The summed E-state index contributed by atoms with van der Waals surface area (Å²) < 4.78 is 0. The van der Waals surface area contributed by atoms with E-state index >= 15 is 0 Å². The predicted molar refractivity (Wildman–Crippen MR) is 72.0 cm³/mol. The van der Waals surface area contributed by atoms with Gasteiger partial charge in [0, 0.05) is 6.54 Å². The van der Waals surface area contributed by atoms with Gasteiger partial charge in [-0.3, -0.25) is 4.99 Å². The summed E-state index contributed by atoms with van der Waals surface area (Å²) in [5.41, 5.74) is 0. The zero-order valence-corrected chi connectivity index (χ0v) is 11.0. The van der Waals surface area contributed by atoms with Crippen molar-refractivity contribution >= 4 is 16.8 Å². The molecule has 1 nitrogen and oxygen atoms in total. The lowest BCUT2D eigenvalue weighted by atomic mass is 10.1. The van der Waals surface area contributed by atoms with Crippen LogP contribution in [0.4, 0.5) is 0 Å². The predicted octanol–water partition coefficient (Wildman–Crippen LogP) is 4.66. The van der Waals surface area contributed by atoms with E-state index in [1.807, 2.05) is 11.8 Å². The Morgan fingerprint density at radius 3 is 1.93 bits per heavy atom. The quantitative estimate of drug-likeness (QED) is 0.586. The zero-order valence-electron chi connectivity index (χ0n) is 10.1. The lowest BCUT2D eigenvalue weighted by molar-refractivity contribution is 0.567. The topological polar surface area (TPSA) is 12.4 Å². The Kier molecular flexibility index (Phi) is 8.08. The number of aliphatic imine (C=N–C) groups is 1. The smallest absolute Gasteiger partial charge is 0.0673 e. The molecule has 1 aliphatic rings. The first-order valence-corrected chi connectivity index (χ1v) is 7.73. The van der Waals surface area contributed by atoms with E-state index in [-0.39, 0.29) is 0 Å². The minimum Gasteiger partial charge on any atom is -0.283 e. The van der Waals surface area contributed by atoms with E-state index in [1.54, 1.807) is 0 Å². The zero-order chi connectivity index (χ0) is 10.8. The van der Waals surface area contributed by atoms with Gasteiger partial charge in [-0.15, -0.1) is 11.8 Å². The maximum absolute atomic E-state index is 4.69. The van der Waals surface area contributed by atoms with Crippen LogP contribution in [-0.2, 0) is 0 Å². The Morgan fingerprint density at radius 1 is 0.800 bits per heavy atom. The lowest BCUT2D eigenvalue weighted by Gasteiger charge is -2.03. The second-order valence-corrected chi connectivity index (χ2v) is 5.29. The van der Waals surface area contributed by atoms with Crippen LogP contribution in [0.5, 0.6) is 0 Å². The molecule has 15 heavy (non-hydrogen) atoms. The van der Waals surface area contributed by atoms with Gasteiger partial charge in [0.2, 0.25) is 0 Å². The van der Waals surface area contributed by atoms with E-state index in [2.05, 4.69) is 11.2 Å². The van der Waals surface area contributed by atoms with E-state index in [9.17, 15) is 0 Å². The first-order chi connectivity index (χ1) is 7.43. The van der Waals surface area contributed by atoms with Gasteiger partial charge >= 0.3 is 0 Å². The third-order valence-corrected chi connectivity index (χ3v) is 3.88. The van der Waals surface area contributed by atoms with E-state index in [0.29, 0.717) is 0 Å². The summed E-state index contributed by atoms with van der Waals surface area (Å²) in [5, 5.41) is 1.38. The fraction of sp³-hybridized carbons (Fsp3) is 0.923. The molecular formula is C13H25NS. The van der Waals surface area contributed by atoms with Crippen LogP contribution in [0.1, 0.15) is 64.2 Å². The molecule has 0 aromatic rings. The summed E-state index contributed by atoms with van der Waals surface area (Å²) >= 11 is 1.85. The molecule has 0 N–H and O–H groups in total. The van der Waals surface area contributed by atoms with E-state index in [1.165, 1.54) is 69.3 Å². The Hall–Kier alpha value is 0.0200. The number of nitrogens with zero attached hydrogens (tertiary/aromatic N) is 1. The third kappa shape index (κ3) is 6.99. The molecule has 0 fully saturated rings. The molecule has 0 saturated carbocycles. The number of thioether (sulfide) groups is 1. The Bertz CT molecular complexity index is 177. The first-order valence-electron chi connectivity index (χ1n) is 6.51. The van der Waals surface area contributed by atoms with Crippen molar-refractivity contribution in [1.82, 2.24) is 0 Å². The lowest BCUT2D eigenvalue weighted by Crippen LogP contribution is -1.94. The molecule has 0 amide bonds. The second kappa shape index (κ2) is 9.26. The molecule has 0 aliphatic carbocycles. The second-order valence-electron chi connectivity index (χ2n) is 4.41. The van der Waals surface area contributed by atoms with Gasteiger partial charge in [0.1, 0.15) is 0 Å². The Balaban J connectivity index is 2.28. The van der Waals surface area contributed by atoms with Gasteiger partial charge in [-0.05, 0) is 25.5 Å². The SMILES string of the molecule is CSC1=NCCCCCCCCCCC1.